The van der Waals surface area contributed by atoms with Crippen LogP contribution in [0.3, 0.4) is 0 Å². The topological polar surface area (TPSA) is 79.5 Å². The number of allylic oxidation sites excluding steroid dienone is 4. The molecule has 3 aromatic carbocycles. The molecule has 34 heavy (non-hydrogen) atoms. The Morgan fingerprint density at radius 3 is 2.53 bits per heavy atom. The van der Waals surface area contributed by atoms with Gasteiger partial charge in [-0.15, -0.1) is 0 Å². The Morgan fingerprint density at radius 1 is 0.971 bits per heavy atom. The van der Waals surface area contributed by atoms with Crippen LogP contribution >= 0.6 is 0 Å². The smallest absolute Gasteiger partial charge is 0.319 e. The van der Waals surface area contributed by atoms with Crippen LogP contribution in [0.15, 0.2) is 107 Å². The lowest BCUT2D eigenvalue weighted by atomic mass is 10.0. The van der Waals surface area contributed by atoms with Crippen molar-refractivity contribution in [1.82, 2.24) is 5.32 Å². The van der Waals surface area contributed by atoms with Crippen molar-refractivity contribution in [2.45, 2.75) is 11.4 Å². The fourth-order valence-corrected chi connectivity index (χ4v) is 4.35. The SMILES string of the molecule is COc1cccc(CNC(=O)Nc2ccc(NS(=O)c3ccccc3C3=CC=C=C=C3)cc2)c1. The molecule has 0 saturated heterocycles. The lowest BCUT2D eigenvalue weighted by Gasteiger charge is -2.12. The molecule has 0 heterocycles. The fraction of sp³-hybridized carbons (Fsp3) is 0.0741. The zero-order valence-corrected chi connectivity index (χ0v) is 19.3. The Bertz CT molecular complexity index is 1350. The predicted molar refractivity (Wildman–Crippen MR) is 136 cm³/mol. The number of anilines is 2. The van der Waals surface area contributed by atoms with Gasteiger partial charge in [0.15, 0.2) is 11.0 Å². The molecule has 2 amide bonds. The molecule has 0 saturated carbocycles. The zero-order valence-electron chi connectivity index (χ0n) is 18.5. The Kier molecular flexibility index (Phi) is 7.43. The molecule has 1 aliphatic rings. The van der Waals surface area contributed by atoms with E-state index in [4.69, 9.17) is 4.74 Å². The van der Waals surface area contributed by atoms with Crippen LogP contribution in [0.2, 0.25) is 0 Å². The summed E-state index contributed by atoms with van der Waals surface area (Å²) in [6, 6.07) is 21.7. The molecule has 1 aliphatic carbocycles. The first-order chi connectivity index (χ1) is 16.6. The molecule has 0 bridgehead atoms. The second-order valence-corrected chi connectivity index (χ2v) is 8.51. The number of hydrogen-bond donors (Lipinski definition) is 3. The van der Waals surface area contributed by atoms with Crippen molar-refractivity contribution in [3.05, 3.63) is 114 Å². The number of amides is 2. The molecule has 170 valence electrons. The summed E-state index contributed by atoms with van der Waals surface area (Å²) >= 11 is 0. The van der Waals surface area contributed by atoms with Crippen molar-refractivity contribution >= 4 is 34.0 Å². The molecular formula is C27H23N3O3S. The average molecular weight is 470 g/mol. The van der Waals surface area contributed by atoms with Gasteiger partial charge in [0.25, 0.3) is 0 Å². The first kappa shape index (κ1) is 22.9. The minimum Gasteiger partial charge on any atom is -0.497 e. The van der Waals surface area contributed by atoms with Crippen LogP contribution < -0.4 is 20.1 Å². The minimum absolute atomic E-state index is 0.321. The van der Waals surface area contributed by atoms with Gasteiger partial charge >= 0.3 is 6.03 Å². The molecule has 0 radical (unpaired) electrons. The highest BCUT2D eigenvalue weighted by molar-refractivity contribution is 7.86. The van der Waals surface area contributed by atoms with Gasteiger partial charge in [-0.2, -0.15) is 0 Å². The van der Waals surface area contributed by atoms with E-state index in [0.29, 0.717) is 22.8 Å². The van der Waals surface area contributed by atoms with Gasteiger partial charge in [-0.25, -0.2) is 9.00 Å². The molecule has 3 aromatic rings. The van der Waals surface area contributed by atoms with Gasteiger partial charge in [0, 0.05) is 23.5 Å². The van der Waals surface area contributed by atoms with E-state index in [1.807, 2.05) is 60.7 Å². The highest BCUT2D eigenvalue weighted by atomic mass is 32.2. The van der Waals surface area contributed by atoms with E-state index in [2.05, 4.69) is 26.8 Å². The number of methoxy groups -OCH3 is 1. The number of ether oxygens (including phenoxy) is 1. The lowest BCUT2D eigenvalue weighted by molar-refractivity contribution is 0.251. The molecule has 0 fully saturated rings. The number of hydrogen-bond acceptors (Lipinski definition) is 3. The molecular weight excluding hydrogens is 446 g/mol. The average Bonchev–Trinajstić information content (AvgIpc) is 2.89. The monoisotopic (exact) mass is 469 g/mol. The number of rotatable bonds is 8. The van der Waals surface area contributed by atoms with Gasteiger partial charge in [0.1, 0.15) is 5.75 Å². The Hall–Kier alpha value is -4.28. The largest absolute Gasteiger partial charge is 0.497 e. The third-order valence-electron chi connectivity index (χ3n) is 5.00. The summed E-state index contributed by atoms with van der Waals surface area (Å²) < 4.78 is 21.2. The first-order valence-corrected chi connectivity index (χ1v) is 11.7. The van der Waals surface area contributed by atoms with E-state index < -0.39 is 11.0 Å². The van der Waals surface area contributed by atoms with Crippen molar-refractivity contribution in [1.29, 1.82) is 0 Å². The second-order valence-electron chi connectivity index (χ2n) is 7.33. The number of carbonyl (C=O) groups is 1. The summed E-state index contributed by atoms with van der Waals surface area (Å²) in [6.45, 7) is 0.373. The summed E-state index contributed by atoms with van der Waals surface area (Å²) in [7, 11) is 0.129. The van der Waals surface area contributed by atoms with E-state index in [9.17, 15) is 9.00 Å². The molecule has 1 unspecified atom stereocenters. The quantitative estimate of drug-likeness (QED) is 0.386. The molecule has 4 rings (SSSR count). The number of urea groups is 1. The van der Waals surface area contributed by atoms with E-state index in [0.717, 1.165) is 22.4 Å². The van der Waals surface area contributed by atoms with E-state index in [1.54, 1.807) is 37.5 Å². The van der Waals surface area contributed by atoms with Gasteiger partial charge in [-0.05, 0) is 71.8 Å². The molecule has 6 nitrogen and oxygen atoms in total. The molecule has 0 aromatic heterocycles. The predicted octanol–water partition coefficient (Wildman–Crippen LogP) is 5.42. The lowest BCUT2D eigenvalue weighted by Crippen LogP contribution is -2.28. The standard InChI is InChI=1S/C27H23N3O3S/c1-33-24-11-7-8-20(18-24)19-28-27(31)29-22-14-16-23(17-15-22)30-34(32)26-13-6-5-12-25(26)21-9-3-2-4-10-21/h3,5-18,30H,19H2,1H3,(H2,28,29,31). The molecule has 7 heteroatoms. The van der Waals surface area contributed by atoms with Crippen molar-refractivity contribution < 1.29 is 13.7 Å². The highest BCUT2D eigenvalue weighted by Gasteiger charge is 2.12. The summed E-state index contributed by atoms with van der Waals surface area (Å²) in [5.41, 5.74) is 9.82. The van der Waals surface area contributed by atoms with Gasteiger partial charge in [0.05, 0.1) is 12.0 Å². The van der Waals surface area contributed by atoms with Crippen LogP contribution in [-0.2, 0) is 17.5 Å². The number of carbonyl (C=O) groups excluding carboxylic acids is 1. The van der Waals surface area contributed by atoms with Crippen LogP contribution in [0.1, 0.15) is 11.1 Å². The van der Waals surface area contributed by atoms with Crippen LogP contribution in [0.25, 0.3) is 5.57 Å². The maximum atomic E-state index is 13.0. The van der Waals surface area contributed by atoms with Crippen LogP contribution in [0.4, 0.5) is 16.2 Å². The molecule has 0 aliphatic heterocycles. The third-order valence-corrected chi connectivity index (χ3v) is 6.17. The van der Waals surface area contributed by atoms with Crippen LogP contribution in [-0.4, -0.2) is 17.3 Å². The zero-order chi connectivity index (χ0) is 23.8. The third kappa shape index (κ3) is 5.94. The Morgan fingerprint density at radius 2 is 1.76 bits per heavy atom. The van der Waals surface area contributed by atoms with Crippen molar-refractivity contribution in [2.75, 3.05) is 17.1 Å². The maximum Gasteiger partial charge on any atom is 0.319 e. The van der Waals surface area contributed by atoms with Crippen LogP contribution in [0, 0.1) is 0 Å². The summed E-state index contributed by atoms with van der Waals surface area (Å²) in [4.78, 5) is 12.9. The van der Waals surface area contributed by atoms with Crippen molar-refractivity contribution in [3.8, 4) is 5.75 Å². The van der Waals surface area contributed by atoms with Gasteiger partial charge in [-0.3, -0.25) is 0 Å². The fourth-order valence-electron chi connectivity index (χ4n) is 3.31. The number of nitrogens with one attached hydrogen (secondary N) is 3. The van der Waals surface area contributed by atoms with Gasteiger partial charge in [-0.1, -0.05) is 41.8 Å². The second kappa shape index (κ2) is 11.0. The Balaban J connectivity index is 1.35. The highest BCUT2D eigenvalue weighted by Crippen LogP contribution is 2.25. The minimum atomic E-state index is -1.47. The molecule has 1 atom stereocenters. The first-order valence-electron chi connectivity index (χ1n) is 10.6. The molecule has 3 N–H and O–H groups in total. The van der Waals surface area contributed by atoms with E-state index >= 15 is 0 Å². The summed E-state index contributed by atoms with van der Waals surface area (Å²) in [5, 5.41) is 5.61. The van der Waals surface area contributed by atoms with Gasteiger partial charge < -0.3 is 20.1 Å². The van der Waals surface area contributed by atoms with E-state index in [1.165, 1.54) is 0 Å². The normalized spacial score (nSPS) is 12.6. The van der Waals surface area contributed by atoms with Crippen molar-refractivity contribution in [3.63, 3.8) is 0 Å². The number of benzene rings is 3. The summed E-state index contributed by atoms with van der Waals surface area (Å²) in [5.74, 6) is 0.739. The van der Waals surface area contributed by atoms with E-state index in [-0.39, 0.29) is 6.03 Å². The molecule has 0 spiro atoms. The van der Waals surface area contributed by atoms with Crippen molar-refractivity contribution in [2.24, 2.45) is 0 Å². The van der Waals surface area contributed by atoms with Gasteiger partial charge in [0.2, 0.25) is 0 Å². The summed E-state index contributed by atoms with van der Waals surface area (Å²) in [6.07, 6.45) is 5.50. The Labute approximate surface area is 201 Å². The maximum absolute atomic E-state index is 13.0. The van der Waals surface area contributed by atoms with Crippen LogP contribution in [0.5, 0.6) is 5.75 Å².